The third-order valence-corrected chi connectivity index (χ3v) is 6.78. The van der Waals surface area contributed by atoms with Crippen LogP contribution in [0.4, 0.5) is 5.13 Å². The Labute approximate surface area is 155 Å². The number of aryl methyl sites for hydroxylation is 1. The number of hydrogen-bond donors (Lipinski definition) is 1. The highest BCUT2D eigenvalue weighted by Gasteiger charge is 2.34. The van der Waals surface area contributed by atoms with E-state index in [-0.39, 0.29) is 16.7 Å². The first-order chi connectivity index (χ1) is 12.4. The van der Waals surface area contributed by atoms with E-state index in [4.69, 9.17) is 0 Å². The van der Waals surface area contributed by atoms with E-state index in [2.05, 4.69) is 14.7 Å². The molecule has 3 heterocycles. The van der Waals surface area contributed by atoms with Crippen molar-refractivity contribution in [3.8, 4) is 0 Å². The lowest BCUT2D eigenvalue weighted by atomic mass is 9.95. The zero-order chi connectivity index (χ0) is 18.3. The van der Waals surface area contributed by atoms with Gasteiger partial charge in [0.15, 0.2) is 11.0 Å². The van der Waals surface area contributed by atoms with Crippen molar-refractivity contribution in [3.05, 3.63) is 40.9 Å². The van der Waals surface area contributed by atoms with E-state index in [1.54, 1.807) is 24.4 Å². The summed E-state index contributed by atoms with van der Waals surface area (Å²) < 4.78 is 28.4. The normalized spacial score (nSPS) is 19.1. The maximum Gasteiger partial charge on any atom is 0.285 e. The van der Waals surface area contributed by atoms with Crippen LogP contribution in [0.1, 0.15) is 23.3 Å². The number of nitrogens with zero attached hydrogens (tertiary/aromatic N) is 3. The molecular weight excluding hydrogens is 372 g/mol. The number of thiazole rings is 1. The number of nitrogens with one attached hydrogen (secondary N) is 1. The molecule has 0 unspecified atom stereocenters. The summed E-state index contributed by atoms with van der Waals surface area (Å²) in [5.74, 6) is 0.361. The monoisotopic (exact) mass is 390 g/mol. The highest BCUT2D eigenvalue weighted by atomic mass is 32.2. The second-order valence-corrected chi connectivity index (χ2v) is 9.22. The molecular formula is C17H18N4O3S2. The Morgan fingerprint density at radius 1 is 1.27 bits per heavy atom. The zero-order valence-corrected chi connectivity index (χ0v) is 15.8. The molecule has 0 aliphatic carbocycles. The fourth-order valence-electron chi connectivity index (χ4n) is 3.29. The molecule has 0 radical (unpaired) electrons. The van der Waals surface area contributed by atoms with Gasteiger partial charge in [0.05, 0.1) is 0 Å². The van der Waals surface area contributed by atoms with Gasteiger partial charge in [-0.05, 0) is 31.9 Å². The van der Waals surface area contributed by atoms with Gasteiger partial charge in [-0.25, -0.2) is 4.98 Å². The van der Waals surface area contributed by atoms with Crippen LogP contribution in [0.5, 0.6) is 0 Å². The molecule has 136 valence electrons. The summed E-state index contributed by atoms with van der Waals surface area (Å²) in [5, 5.41) is 3.49. The van der Waals surface area contributed by atoms with Crippen LogP contribution in [-0.2, 0) is 14.8 Å². The van der Waals surface area contributed by atoms with Crippen LogP contribution >= 0.6 is 11.3 Å². The van der Waals surface area contributed by atoms with Gasteiger partial charge in [0.2, 0.25) is 5.91 Å². The molecule has 1 aromatic carbocycles. The summed E-state index contributed by atoms with van der Waals surface area (Å²) in [5.41, 5.74) is 0.647. The number of rotatable bonds is 2. The lowest BCUT2D eigenvalue weighted by Gasteiger charge is -2.32. The van der Waals surface area contributed by atoms with Gasteiger partial charge in [0.1, 0.15) is 4.90 Å². The molecule has 0 saturated carbocycles. The van der Waals surface area contributed by atoms with Crippen LogP contribution in [0.2, 0.25) is 0 Å². The molecule has 1 N–H and O–H groups in total. The summed E-state index contributed by atoms with van der Waals surface area (Å²) in [4.78, 5) is 19.8. The summed E-state index contributed by atoms with van der Waals surface area (Å²) >= 11 is 1.45. The first kappa shape index (κ1) is 17.2. The number of benzene rings is 1. The van der Waals surface area contributed by atoms with E-state index in [0.29, 0.717) is 42.5 Å². The van der Waals surface area contributed by atoms with Crippen LogP contribution in [0.3, 0.4) is 0 Å². The van der Waals surface area contributed by atoms with Crippen molar-refractivity contribution in [2.45, 2.75) is 24.7 Å². The number of amides is 1. The van der Waals surface area contributed by atoms with Gasteiger partial charge in [0, 0.05) is 35.6 Å². The molecule has 2 aromatic rings. The smallest absolute Gasteiger partial charge is 0.285 e. The molecule has 7 nitrogen and oxygen atoms in total. The van der Waals surface area contributed by atoms with E-state index in [1.165, 1.54) is 11.3 Å². The molecule has 26 heavy (non-hydrogen) atoms. The summed E-state index contributed by atoms with van der Waals surface area (Å²) in [6.07, 6.45) is 3.04. The molecule has 1 aromatic heterocycles. The van der Waals surface area contributed by atoms with Gasteiger partial charge in [-0.3, -0.25) is 4.79 Å². The van der Waals surface area contributed by atoms with Crippen molar-refractivity contribution in [3.63, 3.8) is 0 Å². The molecule has 0 spiro atoms. The van der Waals surface area contributed by atoms with E-state index >= 15 is 0 Å². The fourth-order valence-corrected chi connectivity index (χ4v) is 5.19. The number of hydrogen-bond acceptors (Lipinski definition) is 6. The van der Waals surface area contributed by atoms with Crippen LogP contribution in [-0.4, -0.2) is 43.1 Å². The summed E-state index contributed by atoms with van der Waals surface area (Å²) in [7, 11) is -3.61. The number of sulfonamides is 1. The minimum absolute atomic E-state index is 0.0274. The molecule has 1 fully saturated rings. The molecule has 0 bridgehead atoms. The maximum absolute atomic E-state index is 12.4. The molecule has 4 rings (SSSR count). The molecule has 2 aliphatic rings. The Kier molecular flexibility index (Phi) is 4.28. The molecule has 0 atom stereocenters. The van der Waals surface area contributed by atoms with Crippen LogP contribution in [0, 0.1) is 12.8 Å². The van der Waals surface area contributed by atoms with Crippen molar-refractivity contribution in [1.82, 2.24) is 9.88 Å². The van der Waals surface area contributed by atoms with E-state index in [9.17, 15) is 13.2 Å². The predicted octanol–water partition coefficient (Wildman–Crippen LogP) is 2.25. The number of carbonyl (C=O) groups excluding carboxylic acids is 1. The third kappa shape index (κ3) is 3.12. The quantitative estimate of drug-likeness (QED) is 0.849. The van der Waals surface area contributed by atoms with E-state index in [0.717, 1.165) is 4.88 Å². The van der Waals surface area contributed by atoms with Crippen molar-refractivity contribution in [2.75, 3.05) is 18.4 Å². The van der Waals surface area contributed by atoms with Crippen molar-refractivity contribution < 1.29 is 13.2 Å². The average molecular weight is 390 g/mol. The Morgan fingerprint density at radius 2 is 2.00 bits per heavy atom. The van der Waals surface area contributed by atoms with Crippen LogP contribution < -0.4 is 5.32 Å². The number of amidine groups is 1. The Hall–Kier alpha value is -2.26. The first-order valence-electron chi connectivity index (χ1n) is 8.37. The van der Waals surface area contributed by atoms with Gasteiger partial charge >= 0.3 is 0 Å². The minimum Gasteiger partial charge on any atom is -0.355 e. The number of fused-ring (bicyclic) bond motifs is 1. The van der Waals surface area contributed by atoms with Gasteiger partial charge in [0.25, 0.3) is 10.0 Å². The average Bonchev–Trinajstić information content (AvgIpc) is 3.16. The van der Waals surface area contributed by atoms with Crippen LogP contribution in [0.25, 0.3) is 0 Å². The van der Waals surface area contributed by atoms with E-state index in [1.807, 2.05) is 17.9 Å². The third-order valence-electron chi connectivity index (χ3n) is 4.63. The minimum atomic E-state index is -3.61. The standard InChI is InChI=1S/C17H18N4O3S2/c1-11-10-18-17(25-11)19-16(22)12-6-8-21(9-7-12)15-13-4-2-3-5-14(13)26(23,24)20-15/h2-5,10,12H,6-9H2,1H3,(H,18,19,22). The lowest BCUT2D eigenvalue weighted by molar-refractivity contribution is -0.120. The zero-order valence-electron chi connectivity index (χ0n) is 14.2. The summed E-state index contributed by atoms with van der Waals surface area (Å²) in [6, 6.07) is 6.87. The second-order valence-electron chi connectivity index (χ2n) is 6.41. The SMILES string of the molecule is Cc1cnc(NC(=O)C2CCN(C3=NS(=O)(=O)c4ccccc43)CC2)s1. The van der Waals surface area contributed by atoms with Gasteiger partial charge < -0.3 is 10.2 Å². The first-order valence-corrected chi connectivity index (χ1v) is 10.6. The predicted molar refractivity (Wildman–Crippen MR) is 99.9 cm³/mol. The van der Waals surface area contributed by atoms with Gasteiger partial charge in [-0.15, -0.1) is 15.7 Å². The Morgan fingerprint density at radius 3 is 2.69 bits per heavy atom. The number of carbonyl (C=O) groups is 1. The molecule has 1 amide bonds. The van der Waals surface area contributed by atoms with Gasteiger partial charge in [-0.1, -0.05) is 12.1 Å². The molecule has 2 aliphatic heterocycles. The lowest BCUT2D eigenvalue weighted by Crippen LogP contribution is -2.41. The highest BCUT2D eigenvalue weighted by molar-refractivity contribution is 7.90. The van der Waals surface area contributed by atoms with E-state index < -0.39 is 10.0 Å². The molecule has 9 heteroatoms. The number of piperidine rings is 1. The topological polar surface area (TPSA) is 91.7 Å². The number of anilines is 1. The molecule has 1 saturated heterocycles. The fraction of sp³-hybridized carbons (Fsp3) is 0.353. The van der Waals surface area contributed by atoms with Crippen molar-refractivity contribution in [1.29, 1.82) is 0 Å². The van der Waals surface area contributed by atoms with Crippen LogP contribution in [0.15, 0.2) is 39.8 Å². The Bertz CT molecular complexity index is 989. The second kappa shape index (κ2) is 6.48. The van der Waals surface area contributed by atoms with Gasteiger partial charge in [-0.2, -0.15) is 8.42 Å². The van der Waals surface area contributed by atoms with Crippen molar-refractivity contribution in [2.24, 2.45) is 10.3 Å². The largest absolute Gasteiger partial charge is 0.355 e. The maximum atomic E-state index is 12.4. The summed E-state index contributed by atoms with van der Waals surface area (Å²) in [6.45, 7) is 3.13. The Balaban J connectivity index is 1.44. The van der Waals surface area contributed by atoms with Crippen molar-refractivity contribution >= 4 is 38.2 Å². The number of aromatic nitrogens is 1. The number of likely N-dealkylation sites (tertiary alicyclic amines) is 1. The highest BCUT2D eigenvalue weighted by Crippen LogP contribution is 2.30.